The molecular weight excluding hydrogens is 399 g/mol. The number of nitrogens with zero attached hydrogens (tertiary/aromatic N) is 2. The van der Waals surface area contributed by atoms with E-state index in [1.807, 2.05) is 0 Å². The first-order valence-corrected chi connectivity index (χ1v) is 9.60. The Morgan fingerprint density at radius 1 is 0.903 bits per heavy atom. The smallest absolute Gasteiger partial charge is 0.364 e. The highest BCUT2D eigenvalue weighted by atomic mass is 19.1. The van der Waals surface area contributed by atoms with Crippen LogP contribution in [-0.2, 0) is 6.54 Å². The van der Waals surface area contributed by atoms with Gasteiger partial charge in [-0.1, -0.05) is 18.2 Å². The molecule has 0 amide bonds. The summed E-state index contributed by atoms with van der Waals surface area (Å²) in [5.41, 5.74) is 0.472. The molecule has 0 atom stereocenters. The summed E-state index contributed by atoms with van der Waals surface area (Å²) in [7, 11) is 0. The molecule has 0 aliphatic heterocycles. The van der Waals surface area contributed by atoms with Crippen molar-refractivity contribution in [2.24, 2.45) is 0 Å². The van der Waals surface area contributed by atoms with E-state index in [1.54, 1.807) is 31.2 Å². The Bertz CT molecular complexity index is 1340. The highest BCUT2D eigenvalue weighted by molar-refractivity contribution is 6.09. The van der Waals surface area contributed by atoms with Gasteiger partial charge in [0.15, 0.2) is 11.5 Å². The summed E-state index contributed by atoms with van der Waals surface area (Å²) in [6.45, 7) is 2.07. The van der Waals surface area contributed by atoms with Crippen molar-refractivity contribution in [1.29, 1.82) is 0 Å². The summed E-state index contributed by atoms with van der Waals surface area (Å²) in [5.74, 6) is -1.19. The predicted octanol–water partition coefficient (Wildman–Crippen LogP) is 4.01. The molecule has 0 fully saturated rings. The standard InChI is InChI=1S/C24H17FN2O4/c1-2-27-23(29)20-6-4-3-5-19(20)21(26-27)24(30)31-18-13-9-16(10-14-18)22(28)15-7-11-17(25)12-8-15/h3-14H,2H2,1H3. The number of hydrogen-bond acceptors (Lipinski definition) is 5. The van der Waals surface area contributed by atoms with E-state index < -0.39 is 11.8 Å². The third kappa shape index (κ3) is 3.98. The highest BCUT2D eigenvalue weighted by Crippen LogP contribution is 2.19. The van der Waals surface area contributed by atoms with E-state index in [1.165, 1.54) is 53.2 Å². The number of halogens is 1. The van der Waals surface area contributed by atoms with Gasteiger partial charge in [0.2, 0.25) is 0 Å². The van der Waals surface area contributed by atoms with Crippen LogP contribution in [0.5, 0.6) is 5.75 Å². The molecule has 3 aromatic carbocycles. The minimum Gasteiger partial charge on any atom is -0.422 e. The van der Waals surface area contributed by atoms with Gasteiger partial charge in [0.1, 0.15) is 11.6 Å². The Balaban J connectivity index is 1.60. The molecule has 6 nitrogen and oxygen atoms in total. The molecule has 0 aliphatic carbocycles. The number of ether oxygens (including phenoxy) is 1. The van der Waals surface area contributed by atoms with Gasteiger partial charge in [0.05, 0.1) is 5.39 Å². The van der Waals surface area contributed by atoms with Crippen molar-refractivity contribution < 1.29 is 18.7 Å². The third-order valence-electron chi connectivity index (χ3n) is 4.79. The molecule has 4 rings (SSSR count). The quantitative estimate of drug-likeness (QED) is 0.279. The topological polar surface area (TPSA) is 78.3 Å². The first-order valence-electron chi connectivity index (χ1n) is 9.60. The second kappa shape index (κ2) is 8.31. The van der Waals surface area contributed by atoms with Crippen LogP contribution in [0.3, 0.4) is 0 Å². The zero-order chi connectivity index (χ0) is 22.0. The summed E-state index contributed by atoms with van der Waals surface area (Å²) in [5, 5.41) is 4.94. The number of esters is 1. The first kappa shape index (κ1) is 20.2. The molecule has 1 aromatic heterocycles. The Morgan fingerprint density at radius 2 is 1.48 bits per heavy atom. The molecule has 0 aliphatic rings. The van der Waals surface area contributed by atoms with E-state index in [9.17, 15) is 18.8 Å². The van der Waals surface area contributed by atoms with Crippen molar-refractivity contribution >= 4 is 22.5 Å². The minimum atomic E-state index is -0.712. The van der Waals surface area contributed by atoms with Gasteiger partial charge in [-0.05, 0) is 61.5 Å². The number of carbonyl (C=O) groups excluding carboxylic acids is 2. The number of carbonyl (C=O) groups is 2. The van der Waals surface area contributed by atoms with Gasteiger partial charge in [-0.25, -0.2) is 13.9 Å². The molecule has 0 spiro atoms. The molecule has 7 heteroatoms. The monoisotopic (exact) mass is 416 g/mol. The van der Waals surface area contributed by atoms with E-state index >= 15 is 0 Å². The zero-order valence-corrected chi connectivity index (χ0v) is 16.5. The average Bonchev–Trinajstić information content (AvgIpc) is 2.80. The molecule has 31 heavy (non-hydrogen) atoms. The van der Waals surface area contributed by atoms with Crippen LogP contribution in [0.1, 0.15) is 33.3 Å². The van der Waals surface area contributed by atoms with Crippen LogP contribution in [0.15, 0.2) is 77.6 Å². The van der Waals surface area contributed by atoms with Crippen LogP contribution in [-0.4, -0.2) is 21.5 Å². The molecule has 0 saturated carbocycles. The van der Waals surface area contributed by atoms with E-state index in [2.05, 4.69) is 5.10 Å². The minimum absolute atomic E-state index is 0.0310. The van der Waals surface area contributed by atoms with Crippen LogP contribution in [0.25, 0.3) is 10.8 Å². The fourth-order valence-corrected chi connectivity index (χ4v) is 3.20. The molecule has 0 N–H and O–H groups in total. The second-order valence-electron chi connectivity index (χ2n) is 6.77. The maximum Gasteiger partial charge on any atom is 0.364 e. The summed E-state index contributed by atoms with van der Waals surface area (Å²) in [6.07, 6.45) is 0. The van der Waals surface area contributed by atoms with Crippen molar-refractivity contribution in [2.45, 2.75) is 13.5 Å². The Kier molecular flexibility index (Phi) is 5.41. The van der Waals surface area contributed by atoms with Crippen molar-refractivity contribution in [2.75, 3.05) is 0 Å². The number of rotatable bonds is 5. The fourth-order valence-electron chi connectivity index (χ4n) is 3.20. The predicted molar refractivity (Wildman–Crippen MR) is 113 cm³/mol. The maximum atomic E-state index is 13.1. The SMILES string of the molecule is CCn1nc(C(=O)Oc2ccc(C(=O)c3ccc(F)cc3)cc2)c2ccccc2c1=O. The summed E-state index contributed by atoms with van der Waals surface area (Å²) >= 11 is 0. The third-order valence-corrected chi connectivity index (χ3v) is 4.79. The van der Waals surface area contributed by atoms with Crippen LogP contribution in [0.2, 0.25) is 0 Å². The molecule has 0 unspecified atom stereocenters. The highest BCUT2D eigenvalue weighted by Gasteiger charge is 2.18. The van der Waals surface area contributed by atoms with Crippen LogP contribution >= 0.6 is 0 Å². The van der Waals surface area contributed by atoms with Gasteiger partial charge < -0.3 is 4.74 Å². The lowest BCUT2D eigenvalue weighted by molar-refractivity contribution is 0.0728. The van der Waals surface area contributed by atoms with Crippen molar-refractivity contribution in [3.63, 3.8) is 0 Å². The summed E-state index contributed by atoms with van der Waals surface area (Å²) in [6, 6.07) is 18.0. The van der Waals surface area contributed by atoms with E-state index in [0.29, 0.717) is 28.4 Å². The maximum absolute atomic E-state index is 13.1. The molecule has 154 valence electrons. The molecule has 0 saturated heterocycles. The lowest BCUT2D eigenvalue weighted by atomic mass is 10.0. The van der Waals surface area contributed by atoms with Crippen LogP contribution in [0.4, 0.5) is 4.39 Å². The summed E-state index contributed by atoms with van der Waals surface area (Å²) in [4.78, 5) is 37.7. The van der Waals surface area contributed by atoms with E-state index in [0.717, 1.165) is 0 Å². The molecule has 0 radical (unpaired) electrons. The van der Waals surface area contributed by atoms with E-state index in [-0.39, 0.29) is 22.8 Å². The Hall–Kier alpha value is -4.13. The number of aromatic nitrogens is 2. The number of hydrogen-bond donors (Lipinski definition) is 0. The lowest BCUT2D eigenvalue weighted by Crippen LogP contribution is -2.26. The number of ketones is 1. The van der Waals surface area contributed by atoms with Crippen molar-refractivity contribution in [1.82, 2.24) is 9.78 Å². The largest absolute Gasteiger partial charge is 0.422 e. The lowest BCUT2D eigenvalue weighted by Gasteiger charge is -2.10. The molecule has 4 aromatic rings. The molecule has 1 heterocycles. The first-order chi connectivity index (χ1) is 15.0. The Morgan fingerprint density at radius 3 is 2.10 bits per heavy atom. The number of fused-ring (bicyclic) bond motifs is 1. The van der Waals surface area contributed by atoms with Gasteiger partial charge in [-0.2, -0.15) is 5.10 Å². The van der Waals surface area contributed by atoms with Gasteiger partial charge in [-0.15, -0.1) is 0 Å². The van der Waals surface area contributed by atoms with Crippen LogP contribution in [0, 0.1) is 5.82 Å². The molecular formula is C24H17FN2O4. The normalized spacial score (nSPS) is 10.8. The van der Waals surface area contributed by atoms with Gasteiger partial charge in [0.25, 0.3) is 5.56 Å². The van der Waals surface area contributed by atoms with Gasteiger partial charge in [-0.3, -0.25) is 9.59 Å². The van der Waals surface area contributed by atoms with Gasteiger partial charge in [0, 0.05) is 23.1 Å². The van der Waals surface area contributed by atoms with Crippen molar-refractivity contribution in [3.05, 3.63) is 106 Å². The Labute approximate surface area is 176 Å². The van der Waals surface area contributed by atoms with Crippen molar-refractivity contribution in [3.8, 4) is 5.75 Å². The second-order valence-corrected chi connectivity index (χ2v) is 6.77. The summed E-state index contributed by atoms with van der Waals surface area (Å²) < 4.78 is 19.7. The molecule has 0 bridgehead atoms. The fraction of sp³-hybridized carbons (Fsp3) is 0.0833. The van der Waals surface area contributed by atoms with Crippen LogP contribution < -0.4 is 10.3 Å². The average molecular weight is 416 g/mol. The number of aryl methyl sites for hydroxylation is 1. The van der Waals surface area contributed by atoms with Gasteiger partial charge >= 0.3 is 5.97 Å². The number of benzene rings is 3. The zero-order valence-electron chi connectivity index (χ0n) is 16.5. The van der Waals surface area contributed by atoms with E-state index in [4.69, 9.17) is 4.74 Å².